The average Bonchev–Trinajstić information content (AvgIpc) is 2.90. The number of rotatable bonds is 6. The number of nitrogens with one attached hydrogen (secondary N) is 1. The van der Waals surface area contributed by atoms with E-state index in [-0.39, 0.29) is 14.9 Å². The van der Waals surface area contributed by atoms with Crippen molar-refractivity contribution in [3.63, 3.8) is 0 Å². The van der Waals surface area contributed by atoms with Gasteiger partial charge in [-0.15, -0.1) is 0 Å². The fourth-order valence-electron chi connectivity index (χ4n) is 1.90. The van der Waals surface area contributed by atoms with Crippen LogP contribution in [0, 0.1) is 10.1 Å². The molecule has 2 rings (SSSR count). The van der Waals surface area contributed by atoms with Crippen molar-refractivity contribution in [1.29, 1.82) is 0 Å². The van der Waals surface area contributed by atoms with Crippen LogP contribution in [0.1, 0.15) is 5.56 Å². The molecule has 0 saturated carbocycles. The van der Waals surface area contributed by atoms with Crippen molar-refractivity contribution in [2.75, 3.05) is 30.6 Å². The molecule has 0 fully saturated rings. The highest BCUT2D eigenvalue weighted by atomic mass is 32.2. The van der Waals surface area contributed by atoms with Crippen molar-refractivity contribution in [2.24, 2.45) is 0 Å². The van der Waals surface area contributed by atoms with E-state index in [2.05, 4.69) is 5.32 Å². The molecule has 0 atom stereocenters. The first-order valence-corrected chi connectivity index (χ1v) is 9.37. The van der Waals surface area contributed by atoms with Crippen molar-refractivity contribution < 1.29 is 13.3 Å². The zero-order chi connectivity index (χ0) is 17.2. The summed E-state index contributed by atoms with van der Waals surface area (Å²) in [6.45, 7) is 0.373. The van der Waals surface area contributed by atoms with Gasteiger partial charge in [0.2, 0.25) is 0 Å². The molecule has 0 saturated heterocycles. The Morgan fingerprint density at radius 1 is 1.26 bits per heavy atom. The number of hydrogen-bond donors (Lipinski definition) is 1. The third-order valence-electron chi connectivity index (χ3n) is 3.16. The first kappa shape index (κ1) is 17.2. The molecule has 0 unspecified atom stereocenters. The zero-order valence-corrected chi connectivity index (χ0v) is 14.6. The zero-order valence-electron chi connectivity index (χ0n) is 12.9. The summed E-state index contributed by atoms with van der Waals surface area (Å²) >= 11 is 0.873. The topological polar surface area (TPSA) is 92.6 Å². The number of anilines is 2. The first-order chi connectivity index (χ1) is 10.7. The molecule has 0 spiro atoms. The molecule has 2 aromatic rings. The Morgan fingerprint density at radius 2 is 1.87 bits per heavy atom. The standard InChI is InChI=1S/C14H17N3O4S2/c1-16(2)11-6-4-10(5-7-11)9-15-14-12(17(18)19)8-13(22-14)23(3,20)21/h4-8,15H,9H2,1-3H3. The van der Waals surface area contributed by atoms with Crippen LogP contribution < -0.4 is 10.2 Å². The largest absolute Gasteiger partial charge is 0.378 e. The lowest BCUT2D eigenvalue weighted by atomic mass is 10.2. The lowest BCUT2D eigenvalue weighted by molar-refractivity contribution is -0.383. The van der Waals surface area contributed by atoms with Crippen LogP contribution in [0.25, 0.3) is 0 Å². The summed E-state index contributed by atoms with van der Waals surface area (Å²) in [5, 5.41) is 14.3. The molecule has 1 aromatic heterocycles. The number of benzene rings is 1. The molecule has 0 bridgehead atoms. The molecule has 0 amide bonds. The highest BCUT2D eigenvalue weighted by molar-refractivity contribution is 7.92. The Bertz CT molecular complexity index is 811. The van der Waals surface area contributed by atoms with Crippen LogP contribution in [0.3, 0.4) is 0 Å². The number of sulfone groups is 1. The van der Waals surface area contributed by atoms with Crippen molar-refractivity contribution in [3.05, 3.63) is 46.0 Å². The van der Waals surface area contributed by atoms with Gasteiger partial charge in [-0.25, -0.2) is 8.42 Å². The van der Waals surface area contributed by atoms with Crippen molar-refractivity contribution in [3.8, 4) is 0 Å². The van der Waals surface area contributed by atoms with Crippen molar-refractivity contribution in [1.82, 2.24) is 0 Å². The SMILES string of the molecule is CN(C)c1ccc(CNc2sc(S(C)(=O)=O)cc2[N+](=O)[O-])cc1. The maximum atomic E-state index is 11.6. The van der Waals surface area contributed by atoms with Gasteiger partial charge in [-0.2, -0.15) is 0 Å². The Morgan fingerprint density at radius 3 is 2.35 bits per heavy atom. The molecule has 124 valence electrons. The monoisotopic (exact) mass is 355 g/mol. The van der Waals surface area contributed by atoms with E-state index >= 15 is 0 Å². The predicted molar refractivity (Wildman–Crippen MR) is 92.2 cm³/mol. The lowest BCUT2D eigenvalue weighted by Gasteiger charge is -2.12. The minimum atomic E-state index is -3.47. The van der Waals surface area contributed by atoms with Gasteiger partial charge in [0.05, 0.1) is 4.92 Å². The van der Waals surface area contributed by atoms with Crippen LogP contribution in [0.15, 0.2) is 34.5 Å². The molecular formula is C14H17N3O4S2. The third kappa shape index (κ3) is 4.20. The van der Waals surface area contributed by atoms with Crippen LogP contribution in [-0.2, 0) is 16.4 Å². The van der Waals surface area contributed by atoms with E-state index in [0.29, 0.717) is 6.54 Å². The van der Waals surface area contributed by atoms with E-state index in [0.717, 1.165) is 34.9 Å². The van der Waals surface area contributed by atoms with Gasteiger partial charge in [-0.3, -0.25) is 10.1 Å². The first-order valence-electron chi connectivity index (χ1n) is 6.67. The lowest BCUT2D eigenvalue weighted by Crippen LogP contribution is -2.08. The van der Waals surface area contributed by atoms with Gasteiger partial charge in [-0.1, -0.05) is 23.5 Å². The van der Waals surface area contributed by atoms with Gasteiger partial charge in [0.25, 0.3) is 0 Å². The van der Waals surface area contributed by atoms with Crippen LogP contribution in [0.2, 0.25) is 0 Å². The summed E-state index contributed by atoms with van der Waals surface area (Å²) in [6.07, 6.45) is 1.03. The molecule has 1 aromatic carbocycles. The van der Waals surface area contributed by atoms with E-state index < -0.39 is 14.8 Å². The van der Waals surface area contributed by atoms with Gasteiger partial charge >= 0.3 is 5.69 Å². The summed E-state index contributed by atoms with van der Waals surface area (Å²) in [6, 6.07) is 8.82. The number of nitro groups is 1. The minimum absolute atomic E-state index is 0.0188. The van der Waals surface area contributed by atoms with E-state index in [1.54, 1.807) is 0 Å². The van der Waals surface area contributed by atoms with Gasteiger partial charge in [0.1, 0.15) is 4.21 Å². The Hall–Kier alpha value is -2.13. The normalized spacial score (nSPS) is 11.3. The van der Waals surface area contributed by atoms with Crippen LogP contribution in [0.5, 0.6) is 0 Å². The Labute approximate surface area is 138 Å². The molecule has 9 heteroatoms. The van der Waals surface area contributed by atoms with Gasteiger partial charge in [0.15, 0.2) is 14.8 Å². The maximum Gasteiger partial charge on any atom is 0.304 e. The molecule has 23 heavy (non-hydrogen) atoms. The second-order valence-corrected chi connectivity index (χ2v) is 8.52. The van der Waals surface area contributed by atoms with Crippen molar-refractivity contribution in [2.45, 2.75) is 10.8 Å². The fourth-order valence-corrected chi connectivity index (χ4v) is 3.83. The second-order valence-electron chi connectivity index (χ2n) is 5.22. The summed E-state index contributed by atoms with van der Waals surface area (Å²) in [4.78, 5) is 12.5. The number of hydrogen-bond acceptors (Lipinski definition) is 7. The third-order valence-corrected chi connectivity index (χ3v) is 6.04. The van der Waals surface area contributed by atoms with E-state index in [9.17, 15) is 18.5 Å². The average molecular weight is 355 g/mol. The predicted octanol–water partition coefficient (Wildman–Crippen LogP) is 2.74. The molecule has 0 aliphatic heterocycles. The molecule has 1 N–H and O–H groups in total. The summed E-state index contributed by atoms with van der Waals surface area (Å²) in [5.74, 6) is 0. The van der Waals surface area contributed by atoms with E-state index in [1.165, 1.54) is 0 Å². The highest BCUT2D eigenvalue weighted by Crippen LogP contribution is 2.37. The Kier molecular flexibility index (Phi) is 4.90. The summed E-state index contributed by atoms with van der Waals surface area (Å²) in [5.41, 5.74) is 1.77. The van der Waals surface area contributed by atoms with E-state index in [1.807, 2.05) is 43.3 Å². The fraction of sp³-hybridized carbons (Fsp3) is 0.286. The van der Waals surface area contributed by atoms with E-state index in [4.69, 9.17) is 0 Å². The molecule has 0 aliphatic rings. The maximum absolute atomic E-state index is 11.6. The number of thiophene rings is 1. The second kappa shape index (κ2) is 6.55. The minimum Gasteiger partial charge on any atom is -0.378 e. The molecule has 0 aliphatic carbocycles. The molecular weight excluding hydrogens is 338 g/mol. The summed E-state index contributed by atoms with van der Waals surface area (Å²) < 4.78 is 23.1. The molecule has 7 nitrogen and oxygen atoms in total. The highest BCUT2D eigenvalue weighted by Gasteiger charge is 2.23. The van der Waals surface area contributed by atoms with Gasteiger partial charge in [-0.05, 0) is 17.7 Å². The molecule has 1 heterocycles. The van der Waals surface area contributed by atoms with Crippen LogP contribution in [-0.4, -0.2) is 33.7 Å². The smallest absolute Gasteiger partial charge is 0.304 e. The van der Waals surface area contributed by atoms with Gasteiger partial charge in [0, 0.05) is 38.6 Å². The summed E-state index contributed by atoms with van der Waals surface area (Å²) in [7, 11) is 0.411. The van der Waals surface area contributed by atoms with Crippen molar-refractivity contribution >= 4 is 37.5 Å². The van der Waals surface area contributed by atoms with Gasteiger partial charge < -0.3 is 10.2 Å². The van der Waals surface area contributed by atoms with Crippen LogP contribution >= 0.6 is 11.3 Å². The quantitative estimate of drug-likeness (QED) is 0.633. The number of nitrogens with zero attached hydrogens (tertiary/aromatic N) is 2. The molecule has 0 radical (unpaired) electrons. The Balaban J connectivity index is 2.19. The van der Waals surface area contributed by atoms with Crippen LogP contribution in [0.4, 0.5) is 16.4 Å².